The molecule has 300 valence electrons. The van der Waals surface area contributed by atoms with Crippen molar-refractivity contribution in [3.63, 3.8) is 0 Å². The number of rotatable bonds is 16. The maximum Gasteiger partial charge on any atom is 0.418 e. The van der Waals surface area contributed by atoms with E-state index in [9.17, 15) is 31.9 Å². The number of benzene rings is 2. The van der Waals surface area contributed by atoms with Gasteiger partial charge in [-0.1, -0.05) is 77.4 Å². The van der Waals surface area contributed by atoms with E-state index in [1.807, 2.05) is 27.7 Å². The Morgan fingerprint density at radius 1 is 0.982 bits per heavy atom. The summed E-state index contributed by atoms with van der Waals surface area (Å²) in [5.74, 6) is -2.20. The lowest BCUT2D eigenvalue weighted by Crippen LogP contribution is -2.64. The number of aromatic nitrogens is 1. The van der Waals surface area contributed by atoms with Gasteiger partial charge in [-0.2, -0.15) is 13.2 Å². The number of ether oxygens (including phenoxy) is 1. The summed E-state index contributed by atoms with van der Waals surface area (Å²) in [5.41, 5.74) is -0.610. The molecule has 1 saturated heterocycles. The topological polar surface area (TPSA) is 128 Å². The van der Waals surface area contributed by atoms with Crippen LogP contribution in [-0.2, 0) is 44.6 Å². The van der Waals surface area contributed by atoms with Crippen LogP contribution in [-0.4, -0.2) is 84.6 Å². The molecule has 1 aliphatic carbocycles. The number of para-hydroxylation sites is 1. The van der Waals surface area contributed by atoms with Crippen molar-refractivity contribution in [2.75, 3.05) is 39.4 Å². The normalized spacial score (nSPS) is 19.8. The lowest BCUT2D eigenvalue weighted by molar-refractivity contribution is -0.136. The lowest BCUT2D eigenvalue weighted by Gasteiger charge is -2.41. The molecule has 55 heavy (non-hydrogen) atoms. The van der Waals surface area contributed by atoms with E-state index in [1.165, 1.54) is 18.2 Å². The van der Waals surface area contributed by atoms with Crippen molar-refractivity contribution in [2.24, 2.45) is 11.8 Å². The Kier molecular flexibility index (Phi) is 13.7. The number of morpholine rings is 1. The van der Waals surface area contributed by atoms with Gasteiger partial charge in [0, 0.05) is 49.4 Å². The van der Waals surface area contributed by atoms with E-state index in [0.717, 1.165) is 19.2 Å². The molecule has 5 N–H and O–H groups in total. The number of aryl methyl sites for hydroxylation is 1. The van der Waals surface area contributed by atoms with Crippen LogP contribution in [0.25, 0.3) is 10.9 Å². The zero-order valence-corrected chi connectivity index (χ0v) is 32.1. The fourth-order valence-corrected chi connectivity index (χ4v) is 7.55. The van der Waals surface area contributed by atoms with E-state index in [-0.39, 0.29) is 54.5 Å². The maximum absolute atomic E-state index is 14.8. The summed E-state index contributed by atoms with van der Waals surface area (Å²) in [6.07, 6.45) is -3.24. The number of nitrogens with zero attached hydrogens (tertiary/aromatic N) is 1. The third-order valence-corrected chi connectivity index (χ3v) is 11.3. The molecule has 2 unspecified atom stereocenters. The van der Waals surface area contributed by atoms with Crippen molar-refractivity contribution < 1.29 is 36.7 Å². The molecule has 2 aliphatic rings. The summed E-state index contributed by atoms with van der Waals surface area (Å²) >= 11 is 0. The minimum absolute atomic E-state index is 0.0171. The largest absolute Gasteiger partial charge is 0.418 e. The fraction of sp³-hybridized carbons (Fsp3) is 0.537. The van der Waals surface area contributed by atoms with Crippen LogP contribution in [0.5, 0.6) is 0 Å². The first-order valence-electron chi connectivity index (χ1n) is 19.3. The highest BCUT2D eigenvalue weighted by Crippen LogP contribution is 2.40. The monoisotopic (exact) mass is 770 g/mol. The standard InChI is InChI=1S/C41H54F4N6O4/c1-6-25(3)35(48-34(52)23-28-11-8-9-14-32(28)42)27(5)50-40(16-15-33-30(24-40)29-12-10-13-31(37(29)47-33)41(43,44)45)39(54)49-36(26(4)7-2)38(53)46-17-18-51-19-21-55-22-20-51/h8-14,25-26,35-36,47,50H,5-7,15-24H2,1-4H3,(H,46,53)(H,48,52)(H,49,54)/t25?,26?,35-,36-,40+/m0/s1. The summed E-state index contributed by atoms with van der Waals surface area (Å²) in [5, 5.41) is 12.7. The predicted octanol–water partition coefficient (Wildman–Crippen LogP) is 5.41. The third-order valence-electron chi connectivity index (χ3n) is 11.3. The molecule has 0 radical (unpaired) electrons. The van der Waals surface area contributed by atoms with Crippen LogP contribution in [0.3, 0.4) is 0 Å². The van der Waals surface area contributed by atoms with Crippen molar-refractivity contribution in [3.05, 3.63) is 82.9 Å². The summed E-state index contributed by atoms with van der Waals surface area (Å²) < 4.78 is 62.2. The van der Waals surface area contributed by atoms with Gasteiger partial charge in [0.2, 0.25) is 17.7 Å². The number of hydrogen-bond donors (Lipinski definition) is 5. The molecule has 3 amide bonds. The van der Waals surface area contributed by atoms with Crippen molar-refractivity contribution >= 4 is 28.6 Å². The van der Waals surface area contributed by atoms with Gasteiger partial charge in [-0.05, 0) is 47.9 Å². The Labute approximate surface area is 320 Å². The second-order valence-electron chi connectivity index (χ2n) is 15.0. The number of fused-ring (bicyclic) bond motifs is 3. The van der Waals surface area contributed by atoms with Gasteiger partial charge >= 0.3 is 6.18 Å². The molecule has 3 aromatic rings. The molecule has 0 spiro atoms. The Bertz CT molecular complexity index is 1840. The Hall–Kier alpha value is -4.43. The smallest absolute Gasteiger partial charge is 0.379 e. The highest BCUT2D eigenvalue weighted by atomic mass is 19.4. The minimum atomic E-state index is -4.60. The molecule has 1 fully saturated rings. The Balaban J connectivity index is 1.45. The van der Waals surface area contributed by atoms with E-state index in [2.05, 4.69) is 37.7 Å². The first-order chi connectivity index (χ1) is 26.2. The highest BCUT2D eigenvalue weighted by Gasteiger charge is 2.46. The van der Waals surface area contributed by atoms with Gasteiger partial charge in [0.25, 0.3) is 0 Å². The minimum Gasteiger partial charge on any atom is -0.379 e. The zero-order chi connectivity index (χ0) is 39.9. The van der Waals surface area contributed by atoms with Gasteiger partial charge in [-0.25, -0.2) is 4.39 Å². The number of carbonyl (C=O) groups is 3. The van der Waals surface area contributed by atoms with Crippen LogP contribution in [0.4, 0.5) is 17.6 Å². The summed E-state index contributed by atoms with van der Waals surface area (Å²) in [6, 6.07) is 8.42. The maximum atomic E-state index is 14.8. The van der Waals surface area contributed by atoms with Gasteiger partial charge in [-0.3, -0.25) is 19.3 Å². The van der Waals surface area contributed by atoms with E-state index in [4.69, 9.17) is 4.74 Å². The molecule has 2 heterocycles. The number of alkyl halides is 3. The summed E-state index contributed by atoms with van der Waals surface area (Å²) in [4.78, 5) is 47.1. The molecule has 1 aliphatic heterocycles. The number of hydrogen-bond acceptors (Lipinski definition) is 6. The second-order valence-corrected chi connectivity index (χ2v) is 15.0. The van der Waals surface area contributed by atoms with Gasteiger partial charge in [0.05, 0.1) is 36.8 Å². The Morgan fingerprint density at radius 2 is 1.67 bits per heavy atom. The van der Waals surface area contributed by atoms with Gasteiger partial charge in [0.1, 0.15) is 17.4 Å². The van der Waals surface area contributed by atoms with Crippen LogP contribution in [0.15, 0.2) is 54.7 Å². The molecule has 5 atom stereocenters. The first-order valence-corrected chi connectivity index (χ1v) is 19.3. The van der Waals surface area contributed by atoms with Crippen LogP contribution >= 0.6 is 0 Å². The average molecular weight is 771 g/mol. The van der Waals surface area contributed by atoms with Gasteiger partial charge in [0.15, 0.2) is 0 Å². The molecule has 2 aromatic carbocycles. The first kappa shape index (κ1) is 41.7. The third kappa shape index (κ3) is 9.88. The summed E-state index contributed by atoms with van der Waals surface area (Å²) in [7, 11) is 0. The van der Waals surface area contributed by atoms with Crippen molar-refractivity contribution in [1.82, 2.24) is 31.2 Å². The number of amides is 3. The average Bonchev–Trinajstić information content (AvgIpc) is 3.53. The van der Waals surface area contributed by atoms with E-state index in [1.54, 1.807) is 18.2 Å². The second kappa shape index (κ2) is 18.0. The van der Waals surface area contributed by atoms with E-state index >= 15 is 0 Å². The molecule has 1 aromatic heterocycles. The molecule has 14 heteroatoms. The van der Waals surface area contributed by atoms with Crippen LogP contribution in [0.2, 0.25) is 0 Å². The number of halogens is 4. The quantitative estimate of drug-likeness (QED) is 0.124. The molecule has 0 saturated carbocycles. The molecule has 10 nitrogen and oxygen atoms in total. The Morgan fingerprint density at radius 3 is 2.35 bits per heavy atom. The van der Waals surface area contributed by atoms with Crippen molar-refractivity contribution in [3.8, 4) is 0 Å². The number of carbonyl (C=O) groups excluding carboxylic acids is 3. The van der Waals surface area contributed by atoms with E-state index in [0.29, 0.717) is 61.5 Å². The van der Waals surface area contributed by atoms with Crippen LogP contribution < -0.4 is 21.3 Å². The molecular weight excluding hydrogens is 716 g/mol. The van der Waals surface area contributed by atoms with Gasteiger partial charge < -0.3 is 31.0 Å². The summed E-state index contributed by atoms with van der Waals surface area (Å²) in [6.45, 7) is 15.8. The lowest BCUT2D eigenvalue weighted by atomic mass is 9.77. The molecule has 0 bridgehead atoms. The number of H-pyrrole nitrogens is 1. The molecule has 5 rings (SSSR count). The zero-order valence-electron chi connectivity index (χ0n) is 32.1. The fourth-order valence-electron chi connectivity index (χ4n) is 7.55. The predicted molar refractivity (Wildman–Crippen MR) is 203 cm³/mol. The molecular formula is C41H54F4N6O4. The highest BCUT2D eigenvalue weighted by molar-refractivity contribution is 5.95. The van der Waals surface area contributed by atoms with Gasteiger partial charge in [-0.15, -0.1) is 0 Å². The van der Waals surface area contributed by atoms with Crippen LogP contribution in [0, 0.1) is 17.7 Å². The van der Waals surface area contributed by atoms with Crippen molar-refractivity contribution in [1.29, 1.82) is 0 Å². The van der Waals surface area contributed by atoms with Crippen molar-refractivity contribution in [2.45, 2.75) is 90.0 Å². The van der Waals surface area contributed by atoms with E-state index < -0.39 is 47.0 Å². The number of nitrogens with one attached hydrogen (secondary N) is 5. The van der Waals surface area contributed by atoms with Crippen LogP contribution in [0.1, 0.15) is 69.3 Å². The SMILES string of the molecule is C=C(N[C@]1(C(=O)N[C@H](C(=O)NCCN2CCOCC2)C(C)CC)CCc2[nH]c3c(C(F)(F)F)cccc3c2C1)[C@@H](NC(=O)Cc1ccccc1F)C(C)CC. The number of aromatic amines is 1.